The minimum absolute atomic E-state index is 0.0129. The molecule has 0 aliphatic carbocycles. The van der Waals surface area contributed by atoms with Gasteiger partial charge in [0.25, 0.3) is 0 Å². The fourth-order valence-corrected chi connectivity index (χ4v) is 2.21. The summed E-state index contributed by atoms with van der Waals surface area (Å²) in [5, 5.41) is 11.7. The summed E-state index contributed by atoms with van der Waals surface area (Å²) in [4.78, 5) is 13.8. The topological polar surface area (TPSA) is 88.2 Å². The number of oxime groups is 1. The standard InChI is InChI=1S/C12H23N3O3/c1-3-5-10(11(13)14-17)12(16)15(2)8-9-6-4-7-18-9/h9-10,17H,3-8H2,1-2H3,(H2,13,14). The number of amides is 1. The summed E-state index contributed by atoms with van der Waals surface area (Å²) >= 11 is 0. The molecular formula is C12H23N3O3. The normalized spacial score (nSPS) is 21.9. The molecular weight excluding hydrogens is 234 g/mol. The molecule has 0 bridgehead atoms. The average Bonchev–Trinajstić information content (AvgIpc) is 2.87. The molecule has 0 aromatic rings. The predicted octanol–water partition coefficient (Wildman–Crippen LogP) is 0.787. The summed E-state index contributed by atoms with van der Waals surface area (Å²) in [6.07, 6.45) is 3.55. The van der Waals surface area contributed by atoms with Crippen LogP contribution in [0.4, 0.5) is 0 Å². The number of rotatable bonds is 6. The van der Waals surface area contributed by atoms with Gasteiger partial charge in [-0.05, 0) is 19.3 Å². The number of hydrogen-bond acceptors (Lipinski definition) is 4. The third kappa shape index (κ3) is 3.87. The highest BCUT2D eigenvalue weighted by atomic mass is 16.5. The van der Waals surface area contributed by atoms with Gasteiger partial charge in [-0.3, -0.25) is 4.79 Å². The van der Waals surface area contributed by atoms with E-state index in [9.17, 15) is 4.79 Å². The zero-order valence-corrected chi connectivity index (χ0v) is 11.1. The number of carbonyl (C=O) groups excluding carboxylic acids is 1. The maximum Gasteiger partial charge on any atom is 0.233 e. The fraction of sp³-hybridized carbons (Fsp3) is 0.833. The summed E-state index contributed by atoms with van der Waals surface area (Å²) in [5.41, 5.74) is 5.57. The van der Waals surface area contributed by atoms with E-state index in [-0.39, 0.29) is 17.8 Å². The third-order valence-electron chi connectivity index (χ3n) is 3.23. The van der Waals surface area contributed by atoms with Crippen molar-refractivity contribution in [1.29, 1.82) is 0 Å². The van der Waals surface area contributed by atoms with Crippen molar-refractivity contribution in [2.75, 3.05) is 20.2 Å². The van der Waals surface area contributed by atoms with Crippen molar-refractivity contribution in [3.8, 4) is 0 Å². The first-order valence-corrected chi connectivity index (χ1v) is 6.44. The summed E-state index contributed by atoms with van der Waals surface area (Å²) in [6, 6.07) is 0. The number of hydrogen-bond donors (Lipinski definition) is 2. The Balaban J connectivity index is 2.57. The van der Waals surface area contributed by atoms with Gasteiger partial charge in [-0.25, -0.2) is 0 Å². The van der Waals surface area contributed by atoms with Gasteiger partial charge in [-0.2, -0.15) is 0 Å². The Morgan fingerprint density at radius 1 is 1.67 bits per heavy atom. The molecule has 18 heavy (non-hydrogen) atoms. The lowest BCUT2D eigenvalue weighted by molar-refractivity contribution is -0.133. The maximum atomic E-state index is 12.2. The molecule has 6 heteroatoms. The molecule has 2 atom stereocenters. The Morgan fingerprint density at radius 2 is 2.39 bits per heavy atom. The van der Waals surface area contributed by atoms with Crippen molar-refractivity contribution in [3.63, 3.8) is 0 Å². The zero-order valence-electron chi connectivity index (χ0n) is 11.1. The molecule has 1 amide bonds. The largest absolute Gasteiger partial charge is 0.409 e. The van der Waals surface area contributed by atoms with Crippen molar-refractivity contribution in [1.82, 2.24) is 4.90 Å². The summed E-state index contributed by atoms with van der Waals surface area (Å²) < 4.78 is 5.50. The Hall–Kier alpha value is -1.30. The molecule has 0 saturated carbocycles. The van der Waals surface area contributed by atoms with Gasteiger partial charge in [0.05, 0.1) is 12.0 Å². The van der Waals surface area contributed by atoms with Crippen LogP contribution in [0.2, 0.25) is 0 Å². The van der Waals surface area contributed by atoms with Crippen LogP contribution in [-0.4, -0.2) is 48.2 Å². The van der Waals surface area contributed by atoms with Crippen LogP contribution < -0.4 is 5.73 Å². The predicted molar refractivity (Wildman–Crippen MR) is 68.4 cm³/mol. The highest BCUT2D eigenvalue weighted by molar-refractivity contribution is 6.01. The van der Waals surface area contributed by atoms with Gasteiger partial charge < -0.3 is 20.6 Å². The van der Waals surface area contributed by atoms with Crippen LogP contribution in [0.5, 0.6) is 0 Å². The van der Waals surface area contributed by atoms with Gasteiger partial charge >= 0.3 is 0 Å². The van der Waals surface area contributed by atoms with Gasteiger partial charge in [-0.15, -0.1) is 0 Å². The number of nitrogens with two attached hydrogens (primary N) is 1. The van der Waals surface area contributed by atoms with Gasteiger partial charge in [0.15, 0.2) is 5.84 Å². The Kier molecular flexibility index (Phi) is 5.91. The van der Waals surface area contributed by atoms with E-state index in [1.165, 1.54) is 0 Å². The van der Waals surface area contributed by atoms with Crippen LogP contribution in [0, 0.1) is 5.92 Å². The number of ether oxygens (including phenoxy) is 1. The molecule has 1 rings (SSSR count). The van der Waals surface area contributed by atoms with Crippen molar-refractivity contribution in [2.45, 2.75) is 38.7 Å². The third-order valence-corrected chi connectivity index (χ3v) is 3.23. The lowest BCUT2D eigenvalue weighted by Gasteiger charge is -2.25. The Labute approximate surface area is 108 Å². The molecule has 1 saturated heterocycles. The maximum absolute atomic E-state index is 12.2. The molecule has 104 valence electrons. The zero-order chi connectivity index (χ0) is 13.5. The van der Waals surface area contributed by atoms with E-state index in [2.05, 4.69) is 5.16 Å². The molecule has 6 nitrogen and oxygen atoms in total. The summed E-state index contributed by atoms with van der Waals surface area (Å²) in [6.45, 7) is 3.30. The Bertz CT molecular complexity index is 301. The number of carbonyl (C=O) groups is 1. The second-order valence-corrected chi connectivity index (χ2v) is 4.72. The van der Waals surface area contributed by atoms with E-state index in [1.807, 2.05) is 6.92 Å². The second-order valence-electron chi connectivity index (χ2n) is 4.72. The summed E-state index contributed by atoms with van der Waals surface area (Å²) in [5.74, 6) is -0.657. The van der Waals surface area contributed by atoms with E-state index in [4.69, 9.17) is 15.7 Å². The molecule has 1 aliphatic rings. The quantitative estimate of drug-likeness (QED) is 0.318. The van der Waals surface area contributed by atoms with E-state index in [0.29, 0.717) is 13.0 Å². The van der Waals surface area contributed by atoms with E-state index in [0.717, 1.165) is 25.9 Å². The van der Waals surface area contributed by atoms with Crippen molar-refractivity contribution >= 4 is 11.7 Å². The second kappa shape index (κ2) is 7.20. The van der Waals surface area contributed by atoms with Gasteiger partial charge in [-0.1, -0.05) is 18.5 Å². The number of amidine groups is 1. The molecule has 0 aromatic heterocycles. The lowest BCUT2D eigenvalue weighted by Crippen LogP contribution is -2.42. The monoisotopic (exact) mass is 257 g/mol. The van der Waals surface area contributed by atoms with Gasteiger partial charge in [0.1, 0.15) is 0 Å². The highest BCUT2D eigenvalue weighted by Gasteiger charge is 2.27. The van der Waals surface area contributed by atoms with Crippen molar-refractivity contribution < 1.29 is 14.7 Å². The molecule has 1 heterocycles. The molecule has 1 aliphatic heterocycles. The van der Waals surface area contributed by atoms with Gasteiger partial charge in [0, 0.05) is 20.2 Å². The molecule has 0 spiro atoms. The van der Waals surface area contributed by atoms with Crippen LogP contribution in [0.1, 0.15) is 32.6 Å². The molecule has 1 fully saturated rings. The highest BCUT2D eigenvalue weighted by Crippen LogP contribution is 2.15. The number of nitrogens with zero attached hydrogens (tertiary/aromatic N) is 2. The first-order valence-electron chi connectivity index (χ1n) is 6.44. The van der Waals surface area contributed by atoms with E-state index in [1.54, 1.807) is 11.9 Å². The lowest BCUT2D eigenvalue weighted by atomic mass is 10.0. The fourth-order valence-electron chi connectivity index (χ4n) is 2.21. The van der Waals surface area contributed by atoms with E-state index < -0.39 is 5.92 Å². The van der Waals surface area contributed by atoms with Crippen LogP contribution >= 0.6 is 0 Å². The molecule has 0 radical (unpaired) electrons. The Morgan fingerprint density at radius 3 is 2.89 bits per heavy atom. The van der Waals surface area contributed by atoms with Crippen molar-refractivity contribution in [2.24, 2.45) is 16.8 Å². The van der Waals surface area contributed by atoms with Crippen LogP contribution in [0.3, 0.4) is 0 Å². The minimum Gasteiger partial charge on any atom is -0.409 e. The SMILES string of the molecule is CCCC(C(=O)N(C)CC1CCCO1)C(N)=NO. The van der Waals surface area contributed by atoms with E-state index >= 15 is 0 Å². The first kappa shape index (κ1) is 14.8. The van der Waals surface area contributed by atoms with Crippen LogP contribution in [0.15, 0.2) is 5.16 Å². The molecule has 0 aromatic carbocycles. The smallest absolute Gasteiger partial charge is 0.233 e. The minimum atomic E-state index is -0.536. The van der Waals surface area contributed by atoms with Crippen LogP contribution in [0.25, 0.3) is 0 Å². The molecule has 2 unspecified atom stereocenters. The van der Waals surface area contributed by atoms with Crippen LogP contribution in [-0.2, 0) is 9.53 Å². The average molecular weight is 257 g/mol. The first-order chi connectivity index (χ1) is 8.60. The van der Waals surface area contributed by atoms with Crippen molar-refractivity contribution in [3.05, 3.63) is 0 Å². The van der Waals surface area contributed by atoms with Gasteiger partial charge in [0.2, 0.25) is 5.91 Å². The molecule has 3 N–H and O–H groups in total. The number of likely N-dealkylation sites (N-methyl/N-ethyl adjacent to an activating group) is 1. The summed E-state index contributed by atoms with van der Waals surface area (Å²) in [7, 11) is 1.73.